The van der Waals surface area contributed by atoms with Crippen LogP contribution in [0.4, 0.5) is 0 Å². The van der Waals surface area contributed by atoms with Gasteiger partial charge in [-0.15, -0.1) is 0 Å². The largest absolute Gasteiger partial charge is 0.358 e. The van der Waals surface area contributed by atoms with E-state index in [2.05, 4.69) is 21.0 Å². The molecule has 0 aliphatic rings. The smallest absolute Gasteiger partial charge is 0.248 e. The monoisotopic (exact) mass is 424 g/mol. The third kappa shape index (κ3) is 8.09. The standard InChI is InChI=1S/C15H29IN4O2/c1-14(17,12(21)19-3)10-8-6-4-5-7-9-11-15(2,18)13(22)20-16/h4-5H,6-11,17-18H2,1-3H3,(H,19,21)(H,20,22)/b5-4+/t14?,15-/m0/s1. The van der Waals surface area contributed by atoms with Crippen molar-refractivity contribution in [3.8, 4) is 0 Å². The minimum Gasteiger partial charge on any atom is -0.358 e. The van der Waals surface area contributed by atoms with Crippen molar-refractivity contribution in [3.05, 3.63) is 12.2 Å². The summed E-state index contributed by atoms with van der Waals surface area (Å²) in [7, 11) is 1.59. The number of nitrogens with one attached hydrogen (secondary N) is 2. The van der Waals surface area contributed by atoms with Crippen molar-refractivity contribution < 1.29 is 9.59 Å². The van der Waals surface area contributed by atoms with Crippen molar-refractivity contribution in [1.29, 1.82) is 0 Å². The molecule has 0 rings (SSSR count). The fourth-order valence-corrected chi connectivity index (χ4v) is 2.65. The summed E-state index contributed by atoms with van der Waals surface area (Å²) in [5.41, 5.74) is 10.2. The molecule has 0 spiro atoms. The van der Waals surface area contributed by atoms with Crippen molar-refractivity contribution in [2.24, 2.45) is 11.5 Å². The van der Waals surface area contributed by atoms with E-state index in [1.54, 1.807) is 43.8 Å². The minimum atomic E-state index is -0.816. The predicted octanol–water partition coefficient (Wildman–Crippen LogP) is 1.53. The van der Waals surface area contributed by atoms with Gasteiger partial charge in [0, 0.05) is 7.05 Å². The number of allylic oxidation sites excluding steroid dienone is 2. The molecular formula is C15H29IN4O2. The maximum atomic E-state index is 11.5. The van der Waals surface area contributed by atoms with Gasteiger partial charge in [-0.25, -0.2) is 0 Å². The zero-order valence-electron chi connectivity index (χ0n) is 13.7. The van der Waals surface area contributed by atoms with Gasteiger partial charge in [0.25, 0.3) is 0 Å². The van der Waals surface area contributed by atoms with Gasteiger partial charge in [-0.1, -0.05) is 12.2 Å². The number of hydrogen-bond donors (Lipinski definition) is 4. The van der Waals surface area contributed by atoms with Crippen LogP contribution in [-0.4, -0.2) is 29.9 Å². The quantitative estimate of drug-likeness (QED) is 0.185. The molecule has 0 aliphatic carbocycles. The van der Waals surface area contributed by atoms with Crippen molar-refractivity contribution in [2.75, 3.05) is 7.05 Å². The number of likely N-dealkylation sites (N-methyl/N-ethyl adjacent to an activating group) is 1. The van der Waals surface area contributed by atoms with Gasteiger partial charge in [0.05, 0.1) is 33.9 Å². The molecule has 0 fully saturated rings. The first kappa shape index (κ1) is 21.3. The van der Waals surface area contributed by atoms with Gasteiger partial charge in [0.2, 0.25) is 11.8 Å². The molecule has 0 aromatic rings. The number of carbonyl (C=O) groups excluding carboxylic acids is 2. The molecule has 7 heteroatoms. The van der Waals surface area contributed by atoms with E-state index < -0.39 is 11.1 Å². The Bertz CT molecular complexity index is 359. The zero-order valence-corrected chi connectivity index (χ0v) is 15.9. The van der Waals surface area contributed by atoms with Crippen LogP contribution >= 0.6 is 22.9 Å². The van der Waals surface area contributed by atoms with E-state index in [9.17, 15) is 9.59 Å². The highest BCUT2D eigenvalue weighted by molar-refractivity contribution is 14.1. The third-order valence-corrected chi connectivity index (χ3v) is 4.14. The highest BCUT2D eigenvalue weighted by atomic mass is 127. The van der Waals surface area contributed by atoms with E-state index in [0.29, 0.717) is 12.8 Å². The second kappa shape index (κ2) is 10.2. The van der Waals surface area contributed by atoms with Crippen LogP contribution in [0.1, 0.15) is 52.4 Å². The molecule has 0 bridgehead atoms. The number of nitrogens with two attached hydrogens (primary N) is 2. The highest BCUT2D eigenvalue weighted by Crippen LogP contribution is 2.13. The molecule has 1 unspecified atom stereocenters. The lowest BCUT2D eigenvalue weighted by molar-refractivity contribution is -0.125. The molecule has 128 valence electrons. The summed E-state index contributed by atoms with van der Waals surface area (Å²) in [6, 6.07) is 0. The molecule has 0 radical (unpaired) electrons. The molecule has 0 aliphatic heterocycles. The van der Waals surface area contributed by atoms with Crippen molar-refractivity contribution in [3.63, 3.8) is 0 Å². The first-order valence-corrected chi connectivity index (χ1v) is 8.61. The van der Waals surface area contributed by atoms with Crippen molar-refractivity contribution in [2.45, 2.75) is 63.5 Å². The Morgan fingerprint density at radius 2 is 1.41 bits per heavy atom. The second-order valence-corrected chi connectivity index (χ2v) is 6.63. The van der Waals surface area contributed by atoms with Gasteiger partial charge >= 0.3 is 0 Å². The predicted molar refractivity (Wildman–Crippen MR) is 98.3 cm³/mol. The Kier molecular flexibility index (Phi) is 9.86. The Hall–Kier alpha value is -0.670. The Morgan fingerprint density at radius 3 is 1.77 bits per heavy atom. The first-order valence-electron chi connectivity index (χ1n) is 7.53. The van der Waals surface area contributed by atoms with Gasteiger partial charge in [0.1, 0.15) is 0 Å². The van der Waals surface area contributed by atoms with Crippen LogP contribution in [0.5, 0.6) is 0 Å². The average molecular weight is 424 g/mol. The van der Waals surface area contributed by atoms with Gasteiger partial charge in [-0.05, 0) is 52.4 Å². The number of halogens is 1. The number of rotatable bonds is 10. The lowest BCUT2D eigenvalue weighted by Crippen LogP contribution is -2.50. The van der Waals surface area contributed by atoms with Gasteiger partial charge in [0.15, 0.2) is 0 Å². The van der Waals surface area contributed by atoms with Crippen molar-refractivity contribution in [1.82, 2.24) is 8.85 Å². The van der Waals surface area contributed by atoms with E-state index in [1.807, 2.05) is 0 Å². The summed E-state index contributed by atoms with van der Waals surface area (Å²) >= 11 is 1.80. The van der Waals surface area contributed by atoms with Gasteiger partial charge < -0.3 is 16.8 Å². The molecule has 0 saturated carbocycles. The van der Waals surface area contributed by atoms with Crippen LogP contribution in [0.3, 0.4) is 0 Å². The van der Waals surface area contributed by atoms with Crippen LogP contribution in [0.15, 0.2) is 12.2 Å². The summed E-state index contributed by atoms with van der Waals surface area (Å²) in [6.07, 6.45) is 8.97. The molecule has 2 amide bonds. The maximum Gasteiger partial charge on any atom is 0.248 e. The lowest BCUT2D eigenvalue weighted by atomic mass is 9.94. The van der Waals surface area contributed by atoms with Crippen LogP contribution in [-0.2, 0) is 9.59 Å². The maximum absolute atomic E-state index is 11.5. The van der Waals surface area contributed by atoms with Crippen LogP contribution in [0.2, 0.25) is 0 Å². The summed E-state index contributed by atoms with van der Waals surface area (Å²) in [6.45, 7) is 3.49. The average Bonchev–Trinajstić information content (AvgIpc) is 2.47. The molecule has 6 N–H and O–H groups in total. The number of carbonyl (C=O) groups is 2. The first-order chi connectivity index (χ1) is 10.2. The molecule has 0 heterocycles. The van der Waals surface area contributed by atoms with Crippen molar-refractivity contribution >= 4 is 34.7 Å². The third-order valence-electron chi connectivity index (χ3n) is 3.65. The molecule has 22 heavy (non-hydrogen) atoms. The summed E-state index contributed by atoms with van der Waals surface area (Å²) in [5, 5.41) is 2.58. The van der Waals surface area contributed by atoms with Gasteiger partial charge in [-0.2, -0.15) is 0 Å². The van der Waals surface area contributed by atoms with E-state index in [1.165, 1.54) is 0 Å². The lowest BCUT2D eigenvalue weighted by Gasteiger charge is -2.22. The minimum absolute atomic E-state index is 0.132. The van der Waals surface area contributed by atoms with E-state index >= 15 is 0 Å². The molecule has 2 atom stereocenters. The van der Waals surface area contributed by atoms with Crippen LogP contribution < -0.4 is 20.3 Å². The Balaban J connectivity index is 3.86. The fourth-order valence-electron chi connectivity index (χ4n) is 2.03. The normalized spacial score (nSPS) is 16.8. The number of unbranched alkanes of at least 4 members (excludes halogenated alkanes) is 2. The summed E-state index contributed by atoms with van der Waals surface area (Å²) in [4.78, 5) is 23.0. The zero-order chi connectivity index (χ0) is 17.2. The Labute approximate surface area is 147 Å². The molecule has 0 aromatic carbocycles. The SMILES string of the molecule is CNC(=O)C(C)(N)CCC/C=C/CCC[C@](C)(N)C(=O)NI. The van der Waals surface area contributed by atoms with E-state index in [-0.39, 0.29) is 11.8 Å². The Morgan fingerprint density at radius 1 is 1.00 bits per heavy atom. The number of hydrogen-bond acceptors (Lipinski definition) is 4. The number of amides is 2. The van der Waals surface area contributed by atoms with Crippen LogP contribution in [0.25, 0.3) is 0 Å². The summed E-state index contributed by atoms with van der Waals surface area (Å²) in [5.74, 6) is -0.277. The molecule has 0 saturated heterocycles. The molecular weight excluding hydrogens is 395 g/mol. The fraction of sp³-hybridized carbons (Fsp3) is 0.733. The topological polar surface area (TPSA) is 110 Å². The summed E-state index contributed by atoms with van der Waals surface area (Å²) < 4.78 is 2.55. The highest BCUT2D eigenvalue weighted by Gasteiger charge is 2.27. The van der Waals surface area contributed by atoms with Crippen LogP contribution in [0, 0.1) is 0 Å². The van der Waals surface area contributed by atoms with Gasteiger partial charge in [-0.3, -0.25) is 13.1 Å². The van der Waals surface area contributed by atoms with E-state index in [0.717, 1.165) is 25.7 Å². The second-order valence-electron chi connectivity index (χ2n) is 6.09. The molecule has 0 aromatic heterocycles. The van der Waals surface area contributed by atoms with E-state index in [4.69, 9.17) is 11.5 Å². The molecule has 6 nitrogen and oxygen atoms in total.